The molecule has 1 aliphatic carbocycles. The molecule has 3 heteroatoms. The van der Waals surface area contributed by atoms with Gasteiger partial charge in [0, 0.05) is 23.4 Å². The van der Waals surface area contributed by atoms with Crippen molar-refractivity contribution < 1.29 is 5.11 Å². The Morgan fingerprint density at radius 1 is 1.54 bits per heavy atom. The van der Waals surface area contributed by atoms with E-state index in [-0.39, 0.29) is 0 Å². The van der Waals surface area contributed by atoms with Crippen molar-refractivity contribution in [3.63, 3.8) is 0 Å². The lowest BCUT2D eigenvalue weighted by Crippen LogP contribution is -2.02. The maximum Gasteiger partial charge on any atom is 0.131 e. The second-order valence-corrected chi connectivity index (χ2v) is 3.72. The van der Waals surface area contributed by atoms with E-state index in [1.807, 2.05) is 6.92 Å². The Bertz CT molecular complexity index is 319. The Labute approximate surface area is 77.8 Å². The number of rotatable bonds is 2. The van der Waals surface area contributed by atoms with Gasteiger partial charge in [0.15, 0.2) is 0 Å². The third kappa shape index (κ3) is 1.70. The van der Waals surface area contributed by atoms with E-state index < -0.39 is 6.10 Å². The average molecular weight is 178 g/mol. The minimum absolute atomic E-state index is 0.465. The zero-order chi connectivity index (χ0) is 9.42. The lowest BCUT2D eigenvalue weighted by Gasteiger charge is -2.08. The lowest BCUT2D eigenvalue weighted by molar-refractivity contribution is 0.197. The van der Waals surface area contributed by atoms with Gasteiger partial charge in [-0.15, -0.1) is 0 Å². The van der Waals surface area contributed by atoms with Crippen LogP contribution in [-0.2, 0) is 0 Å². The van der Waals surface area contributed by atoms with Crippen molar-refractivity contribution >= 4 is 0 Å². The van der Waals surface area contributed by atoms with E-state index in [2.05, 4.69) is 9.97 Å². The van der Waals surface area contributed by atoms with Crippen molar-refractivity contribution in [3.05, 3.63) is 23.3 Å². The molecule has 1 heterocycles. The molecule has 0 bridgehead atoms. The predicted molar refractivity (Wildman–Crippen MR) is 49.4 cm³/mol. The molecule has 3 nitrogen and oxygen atoms in total. The molecule has 1 aromatic heterocycles. The normalized spacial score (nSPS) is 18.7. The number of aliphatic hydroxyl groups is 1. The van der Waals surface area contributed by atoms with E-state index in [0.717, 1.165) is 17.1 Å². The molecule has 13 heavy (non-hydrogen) atoms. The molecular weight excluding hydrogens is 164 g/mol. The monoisotopic (exact) mass is 178 g/mol. The van der Waals surface area contributed by atoms with Crippen LogP contribution in [0.5, 0.6) is 0 Å². The summed E-state index contributed by atoms with van der Waals surface area (Å²) in [6.45, 7) is 3.66. The average Bonchev–Trinajstić information content (AvgIpc) is 2.85. The summed E-state index contributed by atoms with van der Waals surface area (Å²) in [4.78, 5) is 8.64. The number of nitrogens with zero attached hydrogens (tertiary/aromatic N) is 2. The molecule has 1 saturated carbocycles. The van der Waals surface area contributed by atoms with E-state index in [1.165, 1.54) is 12.8 Å². The Hall–Kier alpha value is -0.960. The zero-order valence-corrected chi connectivity index (χ0v) is 7.99. The minimum atomic E-state index is -0.465. The lowest BCUT2D eigenvalue weighted by atomic mass is 10.1. The van der Waals surface area contributed by atoms with Gasteiger partial charge < -0.3 is 5.11 Å². The zero-order valence-electron chi connectivity index (χ0n) is 7.99. The van der Waals surface area contributed by atoms with Crippen molar-refractivity contribution in [2.24, 2.45) is 0 Å². The minimum Gasteiger partial charge on any atom is -0.389 e. The first-order valence-electron chi connectivity index (χ1n) is 4.70. The fourth-order valence-electron chi connectivity index (χ4n) is 1.44. The molecule has 1 fully saturated rings. The Morgan fingerprint density at radius 3 is 2.69 bits per heavy atom. The highest BCUT2D eigenvalue weighted by atomic mass is 16.3. The van der Waals surface area contributed by atoms with Gasteiger partial charge in [0.2, 0.25) is 0 Å². The molecule has 2 rings (SSSR count). The van der Waals surface area contributed by atoms with Crippen LogP contribution in [-0.4, -0.2) is 15.1 Å². The molecule has 0 radical (unpaired) electrons. The largest absolute Gasteiger partial charge is 0.389 e. The molecule has 1 N–H and O–H groups in total. The molecule has 1 aliphatic rings. The highest BCUT2D eigenvalue weighted by Crippen LogP contribution is 2.38. The summed E-state index contributed by atoms with van der Waals surface area (Å²) >= 11 is 0. The van der Waals surface area contributed by atoms with Crippen molar-refractivity contribution in [1.29, 1.82) is 0 Å². The van der Waals surface area contributed by atoms with Gasteiger partial charge in [-0.05, 0) is 26.7 Å². The van der Waals surface area contributed by atoms with Crippen LogP contribution in [0.4, 0.5) is 0 Å². The smallest absolute Gasteiger partial charge is 0.131 e. The van der Waals surface area contributed by atoms with Gasteiger partial charge >= 0.3 is 0 Å². The topological polar surface area (TPSA) is 46.0 Å². The van der Waals surface area contributed by atoms with Gasteiger partial charge in [-0.3, -0.25) is 0 Å². The molecule has 1 aromatic rings. The molecule has 0 aliphatic heterocycles. The maximum atomic E-state index is 9.37. The van der Waals surface area contributed by atoms with E-state index in [0.29, 0.717) is 5.92 Å². The molecule has 0 spiro atoms. The number of aliphatic hydroxyl groups excluding tert-OH is 1. The van der Waals surface area contributed by atoms with Crippen LogP contribution in [0.15, 0.2) is 6.20 Å². The summed E-state index contributed by atoms with van der Waals surface area (Å²) < 4.78 is 0. The Kier molecular flexibility index (Phi) is 2.04. The summed E-state index contributed by atoms with van der Waals surface area (Å²) in [5.41, 5.74) is 1.75. The molecule has 0 aromatic carbocycles. The third-order valence-corrected chi connectivity index (χ3v) is 2.43. The van der Waals surface area contributed by atoms with Gasteiger partial charge in [-0.2, -0.15) is 0 Å². The first-order chi connectivity index (χ1) is 6.18. The summed E-state index contributed by atoms with van der Waals surface area (Å²) in [7, 11) is 0. The molecular formula is C10H14N2O. The second-order valence-electron chi connectivity index (χ2n) is 3.72. The molecule has 0 saturated heterocycles. The SMILES string of the molecule is Cc1nc(C2CC2)ncc1[C@H](C)O. The van der Waals surface area contributed by atoms with E-state index >= 15 is 0 Å². The van der Waals surface area contributed by atoms with Crippen LogP contribution in [0.1, 0.15) is 48.9 Å². The van der Waals surface area contributed by atoms with Gasteiger partial charge in [0.25, 0.3) is 0 Å². The highest BCUT2D eigenvalue weighted by Gasteiger charge is 2.26. The van der Waals surface area contributed by atoms with Crippen LogP contribution in [0.2, 0.25) is 0 Å². The summed E-state index contributed by atoms with van der Waals surface area (Å²) in [5.74, 6) is 1.53. The summed E-state index contributed by atoms with van der Waals surface area (Å²) in [5, 5.41) is 9.37. The molecule has 0 unspecified atom stereocenters. The number of hydrogen-bond donors (Lipinski definition) is 1. The first kappa shape index (κ1) is 8.63. The summed E-state index contributed by atoms with van der Waals surface area (Å²) in [6, 6.07) is 0. The predicted octanol–water partition coefficient (Wildman–Crippen LogP) is 1.72. The third-order valence-electron chi connectivity index (χ3n) is 2.43. The highest BCUT2D eigenvalue weighted by molar-refractivity contribution is 5.20. The molecule has 1 atom stereocenters. The van der Waals surface area contributed by atoms with Crippen LogP contribution >= 0.6 is 0 Å². The van der Waals surface area contributed by atoms with Crippen molar-refractivity contribution in [2.45, 2.75) is 38.7 Å². The first-order valence-corrected chi connectivity index (χ1v) is 4.70. The van der Waals surface area contributed by atoms with E-state index in [9.17, 15) is 5.11 Å². The fraction of sp³-hybridized carbons (Fsp3) is 0.600. The van der Waals surface area contributed by atoms with E-state index in [4.69, 9.17) is 0 Å². The van der Waals surface area contributed by atoms with Crippen LogP contribution in [0.25, 0.3) is 0 Å². The van der Waals surface area contributed by atoms with Crippen molar-refractivity contribution in [2.75, 3.05) is 0 Å². The van der Waals surface area contributed by atoms with Crippen LogP contribution < -0.4 is 0 Å². The fourth-order valence-corrected chi connectivity index (χ4v) is 1.44. The van der Waals surface area contributed by atoms with Crippen LogP contribution in [0, 0.1) is 6.92 Å². The van der Waals surface area contributed by atoms with Crippen molar-refractivity contribution in [1.82, 2.24) is 9.97 Å². The van der Waals surface area contributed by atoms with Gasteiger partial charge in [0.1, 0.15) is 5.82 Å². The number of aromatic nitrogens is 2. The number of hydrogen-bond acceptors (Lipinski definition) is 3. The van der Waals surface area contributed by atoms with Gasteiger partial charge in [0.05, 0.1) is 6.10 Å². The second kappa shape index (κ2) is 3.07. The molecule has 0 amide bonds. The Morgan fingerprint density at radius 2 is 2.23 bits per heavy atom. The van der Waals surface area contributed by atoms with E-state index in [1.54, 1.807) is 13.1 Å². The summed E-state index contributed by atoms with van der Waals surface area (Å²) in [6.07, 6.45) is 3.72. The maximum absolute atomic E-state index is 9.37. The quantitative estimate of drug-likeness (QED) is 0.750. The standard InChI is InChI=1S/C10H14N2O/c1-6-9(7(2)13)5-11-10(12-6)8-3-4-8/h5,7-8,13H,3-4H2,1-2H3/t7-/m0/s1. The van der Waals surface area contributed by atoms with Gasteiger partial charge in [-0.25, -0.2) is 9.97 Å². The van der Waals surface area contributed by atoms with Crippen molar-refractivity contribution in [3.8, 4) is 0 Å². The molecule has 70 valence electrons. The Balaban J connectivity index is 2.31. The number of aryl methyl sites for hydroxylation is 1. The van der Waals surface area contributed by atoms with Gasteiger partial charge in [-0.1, -0.05) is 0 Å². The van der Waals surface area contributed by atoms with Crippen LogP contribution in [0.3, 0.4) is 0 Å².